The Morgan fingerprint density at radius 3 is 2.38 bits per heavy atom. The summed E-state index contributed by atoms with van der Waals surface area (Å²) in [6.45, 7) is 4.38. The molecule has 0 spiro atoms. The minimum Gasteiger partial charge on any atom is -0.241 e. The fraction of sp³-hybridized carbons (Fsp3) is 0.722. The predicted octanol–water partition coefficient (Wildman–Crippen LogP) is 4.57. The lowest BCUT2D eigenvalue weighted by atomic mass is 9.67. The van der Waals surface area contributed by atoms with E-state index in [0.717, 1.165) is 43.0 Å². The standard InChI is InChI=1S/C18H27N3/c1-3-5-7-15-8-10-18(14-19,11-9-15)16-12-20-17(6-4-2)21-13-16/h12-13,15H,3-11H2,1-2H3/t15-,18+. The molecule has 1 aromatic rings. The minimum atomic E-state index is -0.340. The maximum atomic E-state index is 9.72. The highest BCUT2D eigenvalue weighted by Gasteiger charge is 2.37. The molecule has 1 heterocycles. The van der Waals surface area contributed by atoms with Crippen molar-refractivity contribution in [2.24, 2.45) is 5.92 Å². The highest BCUT2D eigenvalue weighted by Crippen LogP contribution is 2.42. The Morgan fingerprint density at radius 1 is 1.19 bits per heavy atom. The van der Waals surface area contributed by atoms with Crippen molar-refractivity contribution in [1.29, 1.82) is 5.26 Å². The first-order valence-corrected chi connectivity index (χ1v) is 8.46. The van der Waals surface area contributed by atoms with Crippen LogP contribution in [-0.2, 0) is 11.8 Å². The Hall–Kier alpha value is -1.43. The molecule has 0 N–H and O–H groups in total. The predicted molar refractivity (Wildman–Crippen MR) is 84.8 cm³/mol. The number of hydrogen-bond acceptors (Lipinski definition) is 3. The van der Waals surface area contributed by atoms with Crippen LogP contribution in [0.15, 0.2) is 12.4 Å². The molecule has 0 unspecified atom stereocenters. The van der Waals surface area contributed by atoms with Crippen molar-refractivity contribution in [3.05, 3.63) is 23.8 Å². The normalized spacial score (nSPS) is 25.5. The average molecular weight is 285 g/mol. The quantitative estimate of drug-likeness (QED) is 0.769. The van der Waals surface area contributed by atoms with E-state index in [0.29, 0.717) is 0 Å². The zero-order chi connectivity index (χ0) is 15.1. The molecule has 1 aromatic heterocycles. The lowest BCUT2D eigenvalue weighted by molar-refractivity contribution is 0.262. The van der Waals surface area contributed by atoms with Gasteiger partial charge in [-0.15, -0.1) is 0 Å². The van der Waals surface area contributed by atoms with E-state index in [9.17, 15) is 5.26 Å². The van der Waals surface area contributed by atoms with Gasteiger partial charge in [-0.3, -0.25) is 0 Å². The van der Waals surface area contributed by atoms with Crippen LogP contribution in [0.25, 0.3) is 0 Å². The molecule has 1 saturated carbocycles. The molecule has 1 aliphatic carbocycles. The summed E-state index contributed by atoms with van der Waals surface area (Å²) >= 11 is 0. The minimum absolute atomic E-state index is 0.340. The van der Waals surface area contributed by atoms with Gasteiger partial charge in [-0.2, -0.15) is 5.26 Å². The third-order valence-electron chi connectivity index (χ3n) is 4.87. The number of nitrogens with zero attached hydrogens (tertiary/aromatic N) is 3. The van der Waals surface area contributed by atoms with Crippen LogP contribution in [-0.4, -0.2) is 9.97 Å². The summed E-state index contributed by atoms with van der Waals surface area (Å²) in [4.78, 5) is 8.89. The fourth-order valence-corrected chi connectivity index (χ4v) is 3.37. The molecular weight excluding hydrogens is 258 g/mol. The monoisotopic (exact) mass is 285 g/mol. The second-order valence-corrected chi connectivity index (χ2v) is 6.42. The summed E-state index contributed by atoms with van der Waals surface area (Å²) in [7, 11) is 0. The summed E-state index contributed by atoms with van der Waals surface area (Å²) in [5.74, 6) is 1.71. The molecule has 1 fully saturated rings. The van der Waals surface area contributed by atoms with E-state index in [4.69, 9.17) is 0 Å². The van der Waals surface area contributed by atoms with Gasteiger partial charge in [-0.05, 0) is 38.0 Å². The largest absolute Gasteiger partial charge is 0.241 e. The zero-order valence-corrected chi connectivity index (χ0v) is 13.4. The van der Waals surface area contributed by atoms with E-state index in [2.05, 4.69) is 29.9 Å². The van der Waals surface area contributed by atoms with Crippen molar-refractivity contribution in [1.82, 2.24) is 9.97 Å². The highest BCUT2D eigenvalue weighted by molar-refractivity contribution is 5.29. The van der Waals surface area contributed by atoms with Crippen LogP contribution in [0.1, 0.15) is 76.6 Å². The second-order valence-electron chi connectivity index (χ2n) is 6.42. The smallest absolute Gasteiger partial charge is 0.128 e. The van der Waals surface area contributed by atoms with E-state index >= 15 is 0 Å². The summed E-state index contributed by atoms with van der Waals surface area (Å²) in [6.07, 6.45) is 14.0. The number of aromatic nitrogens is 2. The van der Waals surface area contributed by atoms with Crippen molar-refractivity contribution in [2.75, 3.05) is 0 Å². The first-order chi connectivity index (χ1) is 10.2. The van der Waals surface area contributed by atoms with Crippen molar-refractivity contribution < 1.29 is 0 Å². The van der Waals surface area contributed by atoms with Crippen molar-refractivity contribution in [2.45, 2.75) is 77.0 Å². The van der Waals surface area contributed by atoms with Gasteiger partial charge in [0.15, 0.2) is 0 Å². The summed E-state index contributed by atoms with van der Waals surface area (Å²) in [6, 6.07) is 2.58. The third-order valence-corrected chi connectivity index (χ3v) is 4.87. The number of aryl methyl sites for hydroxylation is 1. The first-order valence-electron chi connectivity index (χ1n) is 8.46. The molecular formula is C18H27N3. The second kappa shape index (κ2) is 7.54. The number of nitriles is 1. The van der Waals surface area contributed by atoms with Crippen LogP contribution in [0.4, 0.5) is 0 Å². The molecule has 0 amide bonds. The van der Waals surface area contributed by atoms with Gasteiger partial charge < -0.3 is 0 Å². The lowest BCUT2D eigenvalue weighted by Gasteiger charge is -2.35. The average Bonchev–Trinajstić information content (AvgIpc) is 2.54. The summed E-state index contributed by atoms with van der Waals surface area (Å²) in [5, 5.41) is 9.72. The van der Waals surface area contributed by atoms with E-state index in [1.165, 1.54) is 32.1 Å². The van der Waals surface area contributed by atoms with Crippen molar-refractivity contribution >= 4 is 0 Å². The van der Waals surface area contributed by atoms with Gasteiger partial charge in [0.25, 0.3) is 0 Å². The molecule has 114 valence electrons. The molecule has 3 nitrogen and oxygen atoms in total. The number of rotatable bonds is 6. The van der Waals surface area contributed by atoms with Crippen molar-refractivity contribution in [3.8, 4) is 6.07 Å². The van der Waals surface area contributed by atoms with Crippen LogP contribution >= 0.6 is 0 Å². The van der Waals surface area contributed by atoms with Gasteiger partial charge in [-0.25, -0.2) is 9.97 Å². The first kappa shape index (κ1) is 15.9. The van der Waals surface area contributed by atoms with E-state index in [1.54, 1.807) is 0 Å². The number of unbranched alkanes of at least 4 members (excludes halogenated alkanes) is 1. The van der Waals surface area contributed by atoms with Crippen LogP contribution in [0.3, 0.4) is 0 Å². The Morgan fingerprint density at radius 2 is 1.86 bits per heavy atom. The van der Waals surface area contributed by atoms with Crippen LogP contribution in [0, 0.1) is 17.2 Å². The van der Waals surface area contributed by atoms with Crippen LogP contribution in [0.2, 0.25) is 0 Å². The maximum Gasteiger partial charge on any atom is 0.128 e. The van der Waals surface area contributed by atoms with Crippen LogP contribution in [0.5, 0.6) is 0 Å². The van der Waals surface area contributed by atoms with E-state index in [1.807, 2.05) is 12.4 Å². The third kappa shape index (κ3) is 3.81. The van der Waals surface area contributed by atoms with Gasteiger partial charge >= 0.3 is 0 Å². The Labute approximate surface area is 128 Å². The molecule has 0 aliphatic heterocycles. The molecule has 0 bridgehead atoms. The van der Waals surface area contributed by atoms with Gasteiger partial charge in [0.05, 0.1) is 11.5 Å². The molecule has 0 saturated heterocycles. The fourth-order valence-electron chi connectivity index (χ4n) is 3.37. The molecule has 2 rings (SSSR count). The Bertz CT molecular complexity index is 464. The molecule has 0 aromatic carbocycles. The molecule has 1 aliphatic rings. The highest BCUT2D eigenvalue weighted by atomic mass is 14.9. The van der Waals surface area contributed by atoms with Gasteiger partial charge in [-0.1, -0.05) is 33.1 Å². The molecule has 21 heavy (non-hydrogen) atoms. The maximum absolute atomic E-state index is 9.72. The molecule has 0 radical (unpaired) electrons. The van der Waals surface area contributed by atoms with E-state index in [-0.39, 0.29) is 5.41 Å². The lowest BCUT2D eigenvalue weighted by Crippen LogP contribution is -2.30. The molecule has 0 atom stereocenters. The van der Waals surface area contributed by atoms with Crippen LogP contribution < -0.4 is 0 Å². The van der Waals surface area contributed by atoms with Gasteiger partial charge in [0.2, 0.25) is 0 Å². The van der Waals surface area contributed by atoms with Gasteiger partial charge in [0.1, 0.15) is 5.82 Å². The van der Waals surface area contributed by atoms with Crippen molar-refractivity contribution in [3.63, 3.8) is 0 Å². The Balaban J connectivity index is 2.04. The Kier molecular flexibility index (Phi) is 5.73. The summed E-state index contributed by atoms with van der Waals surface area (Å²) < 4.78 is 0. The molecule has 3 heteroatoms. The van der Waals surface area contributed by atoms with Gasteiger partial charge in [0, 0.05) is 24.4 Å². The zero-order valence-electron chi connectivity index (χ0n) is 13.4. The summed E-state index contributed by atoms with van der Waals surface area (Å²) in [5.41, 5.74) is 0.687. The SMILES string of the molecule is CCCC[C@H]1CC[C@@](C#N)(c2cnc(CCC)nc2)CC1. The van der Waals surface area contributed by atoms with E-state index < -0.39 is 0 Å². The topological polar surface area (TPSA) is 49.6 Å². The number of hydrogen-bond donors (Lipinski definition) is 0.